The zero-order valence-corrected chi connectivity index (χ0v) is 12.7. The second-order valence-corrected chi connectivity index (χ2v) is 5.76. The quantitative estimate of drug-likeness (QED) is 0.771. The molecular weight excluding hydrogens is 266 g/mol. The van der Waals surface area contributed by atoms with Crippen molar-refractivity contribution in [1.82, 2.24) is 14.9 Å². The highest BCUT2D eigenvalue weighted by atomic mass is 16.2. The highest BCUT2D eigenvalue weighted by Crippen LogP contribution is 2.17. The average molecular weight is 291 g/mol. The molecule has 3 N–H and O–H groups in total. The topological polar surface area (TPSA) is 84.1 Å². The number of hydrogen-bond acceptors (Lipinski definition) is 5. The van der Waals surface area contributed by atoms with Gasteiger partial charge in [-0.05, 0) is 37.7 Å². The first kappa shape index (κ1) is 15.7. The van der Waals surface area contributed by atoms with Crippen molar-refractivity contribution < 1.29 is 4.79 Å². The van der Waals surface area contributed by atoms with Gasteiger partial charge in [0, 0.05) is 32.0 Å². The molecule has 1 amide bonds. The summed E-state index contributed by atoms with van der Waals surface area (Å²) in [4.78, 5) is 22.3. The molecule has 2 rings (SSSR count). The van der Waals surface area contributed by atoms with Crippen LogP contribution in [0.25, 0.3) is 0 Å². The van der Waals surface area contributed by atoms with Crippen molar-refractivity contribution in [2.24, 2.45) is 11.7 Å². The summed E-state index contributed by atoms with van der Waals surface area (Å²) in [6.07, 6.45) is 7.08. The number of piperidine rings is 1. The van der Waals surface area contributed by atoms with E-state index < -0.39 is 6.04 Å². The van der Waals surface area contributed by atoms with Gasteiger partial charge in [-0.2, -0.15) is 0 Å². The van der Waals surface area contributed by atoms with E-state index in [1.807, 2.05) is 4.90 Å². The molecule has 0 bridgehead atoms. The number of carbonyl (C=O) groups is 1. The lowest BCUT2D eigenvalue weighted by molar-refractivity contribution is -0.134. The Morgan fingerprint density at radius 1 is 1.43 bits per heavy atom. The summed E-state index contributed by atoms with van der Waals surface area (Å²) in [6, 6.07) is 1.39. The van der Waals surface area contributed by atoms with Crippen LogP contribution in [0, 0.1) is 5.92 Å². The molecule has 1 fully saturated rings. The summed E-state index contributed by atoms with van der Waals surface area (Å²) in [5.41, 5.74) is 6.01. The normalized spacial score (nSPS) is 17.5. The van der Waals surface area contributed by atoms with Gasteiger partial charge in [-0.25, -0.2) is 9.97 Å². The van der Waals surface area contributed by atoms with Crippen LogP contribution in [0.4, 0.5) is 5.95 Å². The predicted octanol–water partition coefficient (Wildman–Crippen LogP) is 1.25. The van der Waals surface area contributed by atoms with E-state index in [-0.39, 0.29) is 5.91 Å². The van der Waals surface area contributed by atoms with E-state index in [0.717, 1.165) is 44.8 Å². The fraction of sp³-hybridized carbons (Fsp3) is 0.667. The van der Waals surface area contributed by atoms with Crippen LogP contribution in [0.2, 0.25) is 0 Å². The Morgan fingerprint density at radius 3 is 2.76 bits per heavy atom. The second-order valence-electron chi connectivity index (χ2n) is 5.76. The van der Waals surface area contributed by atoms with Crippen molar-refractivity contribution >= 4 is 11.9 Å². The molecule has 0 spiro atoms. The first-order valence-electron chi connectivity index (χ1n) is 7.72. The highest BCUT2D eigenvalue weighted by Gasteiger charge is 2.24. The van der Waals surface area contributed by atoms with Gasteiger partial charge in [0.2, 0.25) is 11.9 Å². The van der Waals surface area contributed by atoms with Crippen LogP contribution in [0.5, 0.6) is 0 Å². The van der Waals surface area contributed by atoms with E-state index >= 15 is 0 Å². The van der Waals surface area contributed by atoms with Crippen LogP contribution in [-0.4, -0.2) is 46.5 Å². The molecule has 0 radical (unpaired) electrons. The molecule has 0 aromatic carbocycles. The van der Waals surface area contributed by atoms with Crippen molar-refractivity contribution in [3.63, 3.8) is 0 Å². The Kier molecular flexibility index (Phi) is 5.92. The molecule has 0 aliphatic carbocycles. The Balaban J connectivity index is 1.64. The molecule has 0 saturated carbocycles. The molecule has 1 saturated heterocycles. The van der Waals surface area contributed by atoms with Crippen LogP contribution in [0.3, 0.4) is 0 Å². The molecule has 1 atom stereocenters. The van der Waals surface area contributed by atoms with Gasteiger partial charge < -0.3 is 16.0 Å². The van der Waals surface area contributed by atoms with Gasteiger partial charge in [0.15, 0.2) is 0 Å². The lowest BCUT2D eigenvalue weighted by atomic mass is 9.98. The van der Waals surface area contributed by atoms with E-state index in [4.69, 9.17) is 5.73 Å². The monoisotopic (exact) mass is 291 g/mol. The number of carbonyl (C=O) groups excluding carboxylic acids is 1. The van der Waals surface area contributed by atoms with Crippen LogP contribution in [-0.2, 0) is 4.79 Å². The fourth-order valence-corrected chi connectivity index (χ4v) is 2.50. The lowest BCUT2D eigenvalue weighted by Crippen LogP contribution is -2.47. The summed E-state index contributed by atoms with van der Waals surface area (Å²) >= 11 is 0. The summed E-state index contributed by atoms with van der Waals surface area (Å²) in [5, 5.41) is 3.12. The second kappa shape index (κ2) is 7.93. The van der Waals surface area contributed by atoms with Crippen molar-refractivity contribution in [3.8, 4) is 0 Å². The molecule has 116 valence electrons. The summed E-state index contributed by atoms with van der Waals surface area (Å²) < 4.78 is 0. The highest BCUT2D eigenvalue weighted by molar-refractivity contribution is 5.81. The number of likely N-dealkylation sites (tertiary alicyclic amines) is 1. The molecule has 1 aromatic heterocycles. The van der Waals surface area contributed by atoms with Crippen molar-refractivity contribution in [2.75, 3.05) is 25.0 Å². The lowest BCUT2D eigenvalue weighted by Gasteiger charge is -2.32. The largest absolute Gasteiger partial charge is 0.354 e. The van der Waals surface area contributed by atoms with Crippen molar-refractivity contribution in [3.05, 3.63) is 18.5 Å². The maximum absolute atomic E-state index is 12.2. The minimum Gasteiger partial charge on any atom is -0.354 e. The van der Waals surface area contributed by atoms with E-state index in [1.54, 1.807) is 18.5 Å². The van der Waals surface area contributed by atoms with Gasteiger partial charge in [-0.15, -0.1) is 0 Å². The van der Waals surface area contributed by atoms with E-state index in [9.17, 15) is 4.79 Å². The molecule has 1 aromatic rings. The number of nitrogens with zero attached hydrogens (tertiary/aromatic N) is 3. The average Bonchev–Trinajstić information content (AvgIpc) is 2.52. The molecule has 21 heavy (non-hydrogen) atoms. The number of hydrogen-bond donors (Lipinski definition) is 2. The van der Waals surface area contributed by atoms with Gasteiger partial charge in [0.05, 0.1) is 6.04 Å². The molecule has 2 heterocycles. The van der Waals surface area contributed by atoms with Crippen molar-refractivity contribution in [1.29, 1.82) is 0 Å². The zero-order chi connectivity index (χ0) is 15.1. The third-order valence-electron chi connectivity index (χ3n) is 3.95. The van der Waals surface area contributed by atoms with Gasteiger partial charge >= 0.3 is 0 Å². The van der Waals surface area contributed by atoms with E-state index in [0.29, 0.717) is 12.4 Å². The van der Waals surface area contributed by atoms with Gasteiger partial charge in [-0.1, -0.05) is 6.92 Å². The molecular formula is C15H25N5O. The van der Waals surface area contributed by atoms with E-state index in [2.05, 4.69) is 22.2 Å². The first-order chi connectivity index (χ1) is 10.2. The first-order valence-corrected chi connectivity index (χ1v) is 7.72. The Hall–Kier alpha value is -1.69. The Bertz CT molecular complexity index is 431. The van der Waals surface area contributed by atoms with Crippen molar-refractivity contribution in [2.45, 2.75) is 38.6 Å². The summed E-state index contributed by atoms with van der Waals surface area (Å²) in [6.45, 7) is 4.66. The molecule has 6 heteroatoms. The maximum Gasteiger partial charge on any atom is 0.239 e. The number of amides is 1. The minimum absolute atomic E-state index is 0.0952. The van der Waals surface area contributed by atoms with Crippen LogP contribution < -0.4 is 11.1 Å². The Morgan fingerprint density at radius 2 is 2.10 bits per heavy atom. The molecule has 6 nitrogen and oxygen atoms in total. The standard InChI is InChI=1S/C15H25N5O/c1-12-5-10-20(11-6-12)14(21)13(16)4-2-7-17-15-18-8-3-9-19-15/h3,8-9,12-13H,2,4-7,10-11,16H2,1H3,(H,17,18,19). The number of aromatic nitrogens is 2. The third kappa shape index (κ3) is 4.97. The molecule has 1 unspecified atom stereocenters. The van der Waals surface area contributed by atoms with Gasteiger partial charge in [-0.3, -0.25) is 4.79 Å². The summed E-state index contributed by atoms with van der Waals surface area (Å²) in [7, 11) is 0. The number of rotatable bonds is 6. The number of nitrogens with two attached hydrogens (primary N) is 1. The third-order valence-corrected chi connectivity index (χ3v) is 3.95. The van der Waals surface area contributed by atoms with Gasteiger partial charge in [0.1, 0.15) is 0 Å². The number of anilines is 1. The predicted molar refractivity (Wildman–Crippen MR) is 82.7 cm³/mol. The minimum atomic E-state index is -0.392. The summed E-state index contributed by atoms with van der Waals surface area (Å²) in [5.74, 6) is 1.43. The SMILES string of the molecule is CC1CCN(C(=O)C(N)CCCNc2ncccn2)CC1. The van der Waals surface area contributed by atoms with Gasteiger partial charge in [0.25, 0.3) is 0 Å². The smallest absolute Gasteiger partial charge is 0.239 e. The van der Waals surface area contributed by atoms with Crippen LogP contribution in [0.1, 0.15) is 32.6 Å². The van der Waals surface area contributed by atoms with E-state index in [1.165, 1.54) is 0 Å². The maximum atomic E-state index is 12.2. The fourth-order valence-electron chi connectivity index (χ4n) is 2.50. The van der Waals surface area contributed by atoms with Crippen LogP contribution in [0.15, 0.2) is 18.5 Å². The van der Waals surface area contributed by atoms with Crippen LogP contribution >= 0.6 is 0 Å². The Labute approximate surface area is 126 Å². The number of nitrogens with one attached hydrogen (secondary N) is 1. The zero-order valence-electron chi connectivity index (χ0n) is 12.7. The molecule has 1 aliphatic heterocycles. The molecule has 1 aliphatic rings.